The van der Waals surface area contributed by atoms with Crippen LogP contribution >= 0.6 is 0 Å². The molecule has 0 aromatic heterocycles. The summed E-state index contributed by atoms with van der Waals surface area (Å²) in [5, 5.41) is 0. The molecule has 11 nitrogen and oxygen atoms in total. The minimum absolute atomic E-state index is 0. The average Bonchev–Trinajstić information content (AvgIpc) is 1.52. The minimum Gasteiger partial charge on any atom is -0.759 e. The van der Waals surface area contributed by atoms with Gasteiger partial charge in [-0.1, -0.05) is 0 Å². The van der Waals surface area contributed by atoms with Crippen molar-refractivity contribution in [3.05, 3.63) is 0 Å². The van der Waals surface area contributed by atoms with Crippen LogP contribution in [0.3, 0.4) is 0 Å². The third-order valence-electron chi connectivity index (χ3n) is 0. The van der Waals surface area contributed by atoms with Gasteiger partial charge < -0.3 is 30.1 Å². The molecule has 1 amide bonds. The molecule has 0 aromatic rings. The van der Waals surface area contributed by atoms with Crippen molar-refractivity contribution in [3.63, 3.8) is 0 Å². The molecule has 14 heteroatoms. The molecule has 0 heterocycles. The predicted molar refractivity (Wildman–Crippen MR) is 37.2 cm³/mol. The van der Waals surface area contributed by atoms with E-state index in [1.807, 2.05) is 0 Å². The number of amides is 1. The van der Waals surface area contributed by atoms with Crippen molar-refractivity contribution in [2.75, 3.05) is 0 Å². The molecule has 15 heavy (non-hydrogen) atoms. The molecule has 0 atom stereocenters. The Labute approximate surface area is 96.5 Å². The van der Waals surface area contributed by atoms with Crippen LogP contribution in [0.4, 0.5) is 0 Å². The molecule has 0 aliphatic heterocycles. The summed E-state index contributed by atoms with van der Waals surface area (Å²) >= 11 is 0. The summed E-state index contributed by atoms with van der Waals surface area (Å²) in [6, 6.07) is 0. The second-order valence-electron chi connectivity index (χ2n) is 0.953. The number of carbonyl (C=O) groups excluding carboxylic acids is 1. The molecule has 0 spiro atoms. The largest absolute Gasteiger partial charge is 3.00 e. The Kier molecular flexibility index (Phi) is 26.8. The molecule has 1 radical (unpaired) electrons. The Morgan fingerprint density at radius 1 is 0.867 bits per heavy atom. The van der Waals surface area contributed by atoms with Gasteiger partial charge in [-0.2, -0.15) is 0 Å². The quantitative estimate of drug-likeness (QED) is 0.259. The van der Waals surface area contributed by atoms with Gasteiger partial charge in [0.15, 0.2) is 0 Å². The van der Waals surface area contributed by atoms with Crippen molar-refractivity contribution in [2.24, 2.45) is 5.73 Å². The second kappa shape index (κ2) is 13.7. The standard InChI is InChI=1S/CH3NO.Cr.H3N.2H2O4S/c2-1-3;;;2*1-5(2,3)4/h1H,(H2,2,3);;1H3;2*(H2,1,2,3,4)/q;+3;;;/p-3. The summed E-state index contributed by atoms with van der Waals surface area (Å²) in [5.41, 5.74) is 4.17. The van der Waals surface area contributed by atoms with E-state index in [0.29, 0.717) is 0 Å². The first kappa shape index (κ1) is 29.3. The van der Waals surface area contributed by atoms with Crippen LogP contribution in [-0.2, 0) is 43.0 Å². The molecular formula is CH7CrN2O9S2. The Bertz CT molecular complexity index is 259. The number of hydrogen-bond donors (Lipinski definition) is 2. The number of quaternary nitrogens is 1. The Morgan fingerprint density at radius 3 is 0.867 bits per heavy atom. The van der Waals surface area contributed by atoms with Crippen LogP contribution in [0.1, 0.15) is 0 Å². The third kappa shape index (κ3) is 21200. The molecule has 0 fully saturated rings. The summed E-state index contributed by atoms with van der Waals surface area (Å²) in [7, 11) is -10.3. The Balaban J connectivity index is -0.0000000322. The molecule has 0 aliphatic rings. The van der Waals surface area contributed by atoms with E-state index in [0.717, 1.165) is 0 Å². The molecule has 0 bridgehead atoms. The number of hydrogen-bond acceptors (Lipinski definition) is 9. The van der Waals surface area contributed by atoms with E-state index in [1.54, 1.807) is 0 Å². The van der Waals surface area contributed by atoms with Crippen molar-refractivity contribution in [2.45, 2.75) is 0 Å². The summed E-state index contributed by atoms with van der Waals surface area (Å²) in [6.07, 6.45) is 0.250. The maximum Gasteiger partial charge on any atom is 3.00 e. The van der Waals surface area contributed by atoms with Gasteiger partial charge in [0.2, 0.25) is 6.41 Å². The van der Waals surface area contributed by atoms with Gasteiger partial charge in [0.05, 0.1) is 0 Å². The van der Waals surface area contributed by atoms with Gasteiger partial charge in [0.25, 0.3) is 0 Å². The molecule has 0 aromatic carbocycles. The van der Waals surface area contributed by atoms with E-state index in [2.05, 4.69) is 5.73 Å². The molecule has 0 saturated carbocycles. The van der Waals surface area contributed by atoms with Crippen LogP contribution in [-0.4, -0.2) is 41.5 Å². The monoisotopic (exact) mass is 307 g/mol. The summed E-state index contributed by atoms with van der Waals surface area (Å²) in [5.74, 6) is 0. The van der Waals surface area contributed by atoms with Crippen molar-refractivity contribution in [1.82, 2.24) is 6.15 Å². The SMILES string of the molecule is NC=O.O=S(=O)([O-])[O-].O=S(=O)([O-])[O-].[Cr+3].[NH4+]. The van der Waals surface area contributed by atoms with Crippen LogP contribution < -0.4 is 11.9 Å². The minimum atomic E-state index is -5.17. The van der Waals surface area contributed by atoms with E-state index in [9.17, 15) is 0 Å². The van der Waals surface area contributed by atoms with Crippen LogP contribution in [0.15, 0.2) is 0 Å². The van der Waals surface area contributed by atoms with Gasteiger partial charge >= 0.3 is 17.4 Å². The maximum absolute atomic E-state index is 8.58. The summed E-state index contributed by atoms with van der Waals surface area (Å²) in [4.78, 5) is 8.58. The van der Waals surface area contributed by atoms with E-state index < -0.39 is 20.8 Å². The second-order valence-corrected chi connectivity index (χ2v) is 2.59. The van der Waals surface area contributed by atoms with Gasteiger partial charge in [0, 0.05) is 20.8 Å². The smallest absolute Gasteiger partial charge is 0.759 e. The fourth-order valence-corrected chi connectivity index (χ4v) is 0. The van der Waals surface area contributed by atoms with Crippen LogP contribution in [0, 0.1) is 0 Å². The van der Waals surface area contributed by atoms with E-state index in [4.69, 9.17) is 39.8 Å². The molecule has 0 unspecified atom stereocenters. The van der Waals surface area contributed by atoms with Crippen LogP contribution in [0.2, 0.25) is 0 Å². The molecule has 6 N–H and O–H groups in total. The van der Waals surface area contributed by atoms with Gasteiger partial charge in [-0.15, -0.1) is 0 Å². The first-order valence-corrected chi connectivity index (χ1v) is 4.57. The van der Waals surface area contributed by atoms with Gasteiger partial charge in [0.1, 0.15) is 0 Å². The van der Waals surface area contributed by atoms with Gasteiger partial charge in [-0.25, -0.2) is 0 Å². The number of nitrogens with two attached hydrogens (primary N) is 1. The van der Waals surface area contributed by atoms with Gasteiger partial charge in [-0.05, 0) is 0 Å². The first-order valence-electron chi connectivity index (χ1n) is 1.90. The fourth-order valence-electron chi connectivity index (χ4n) is 0. The van der Waals surface area contributed by atoms with E-state index in [1.165, 1.54) is 0 Å². The molecule has 0 rings (SSSR count). The van der Waals surface area contributed by atoms with Crippen molar-refractivity contribution < 1.29 is 57.2 Å². The van der Waals surface area contributed by atoms with E-state index in [-0.39, 0.29) is 29.9 Å². The molecule has 93 valence electrons. The zero-order chi connectivity index (χ0) is 11.7. The topological polar surface area (TPSA) is 240 Å². The van der Waals surface area contributed by atoms with Gasteiger partial charge in [-0.3, -0.25) is 21.6 Å². The predicted octanol–water partition coefficient (Wildman–Crippen LogP) is -3.20. The average molecular weight is 307 g/mol. The normalized spacial score (nSPS) is 8.53. The maximum atomic E-state index is 8.58. The molecule has 0 saturated heterocycles. The Hall–Kier alpha value is -0.298. The number of rotatable bonds is 0. The molecular weight excluding hydrogens is 300 g/mol. The Morgan fingerprint density at radius 2 is 0.867 bits per heavy atom. The van der Waals surface area contributed by atoms with Crippen LogP contribution in [0.25, 0.3) is 0 Å². The molecule has 0 aliphatic carbocycles. The zero-order valence-corrected chi connectivity index (χ0v) is 9.96. The summed E-state index contributed by atoms with van der Waals surface area (Å²) in [6.45, 7) is 0. The zero-order valence-electron chi connectivity index (χ0n) is 7.05. The van der Waals surface area contributed by atoms with Crippen LogP contribution in [0.5, 0.6) is 0 Å². The van der Waals surface area contributed by atoms with Crippen molar-refractivity contribution in [1.29, 1.82) is 0 Å². The van der Waals surface area contributed by atoms with E-state index >= 15 is 0 Å². The number of primary amides is 1. The van der Waals surface area contributed by atoms with Crippen molar-refractivity contribution >= 4 is 27.2 Å². The number of carbonyl (C=O) groups is 1. The fraction of sp³-hybridized carbons (Fsp3) is 0. The first-order chi connectivity index (χ1) is 5.41. The van der Waals surface area contributed by atoms with Crippen molar-refractivity contribution in [3.8, 4) is 0 Å². The summed E-state index contributed by atoms with van der Waals surface area (Å²) < 4.78 is 68.2. The third-order valence-corrected chi connectivity index (χ3v) is 0.